The maximum Gasteiger partial charge on any atom is 0.122 e. The third-order valence-electron chi connectivity index (χ3n) is 3.06. The van der Waals surface area contributed by atoms with Crippen LogP contribution in [-0.2, 0) is 6.42 Å². The summed E-state index contributed by atoms with van der Waals surface area (Å²) in [6.07, 6.45) is 0.912. The van der Waals surface area contributed by atoms with E-state index in [1.165, 1.54) is 14.7 Å². The quantitative estimate of drug-likeness (QED) is 0.652. The van der Waals surface area contributed by atoms with Crippen LogP contribution in [0.1, 0.15) is 11.1 Å². The minimum absolute atomic E-state index is 0. The molecule has 0 heterocycles. The van der Waals surface area contributed by atoms with E-state index in [2.05, 4.69) is 84.1 Å². The summed E-state index contributed by atoms with van der Waals surface area (Å²) in [6.45, 7) is 1.64. The van der Waals surface area contributed by atoms with E-state index in [9.17, 15) is 0 Å². The fourth-order valence-electron chi connectivity index (χ4n) is 1.98. The SMILES string of the molecule is CN(C)CCOc1ccc(I)cc1Cc1ccccc1.Cl. The van der Waals surface area contributed by atoms with Crippen LogP contribution in [0.25, 0.3) is 0 Å². The monoisotopic (exact) mass is 417 g/mol. The molecule has 0 saturated heterocycles. The van der Waals surface area contributed by atoms with Crippen molar-refractivity contribution in [2.75, 3.05) is 27.2 Å². The lowest BCUT2D eigenvalue weighted by Crippen LogP contribution is -2.19. The second kappa shape index (κ2) is 9.28. The molecule has 0 aromatic heterocycles. The van der Waals surface area contributed by atoms with Crippen molar-refractivity contribution >= 4 is 35.0 Å². The van der Waals surface area contributed by atoms with Gasteiger partial charge in [0.05, 0.1) is 0 Å². The predicted octanol–water partition coefficient (Wildman–Crippen LogP) is 4.24. The van der Waals surface area contributed by atoms with Crippen molar-refractivity contribution < 1.29 is 4.74 Å². The lowest BCUT2D eigenvalue weighted by molar-refractivity contribution is 0.259. The van der Waals surface area contributed by atoms with Gasteiger partial charge in [0.15, 0.2) is 0 Å². The van der Waals surface area contributed by atoms with Gasteiger partial charge in [-0.25, -0.2) is 0 Å². The van der Waals surface area contributed by atoms with E-state index in [0.717, 1.165) is 25.3 Å². The first-order valence-electron chi connectivity index (χ1n) is 6.75. The Morgan fingerprint density at radius 3 is 2.43 bits per heavy atom. The average Bonchev–Trinajstić information content (AvgIpc) is 2.42. The summed E-state index contributed by atoms with van der Waals surface area (Å²) in [4.78, 5) is 2.13. The van der Waals surface area contributed by atoms with Crippen LogP contribution in [-0.4, -0.2) is 32.1 Å². The number of benzene rings is 2. The van der Waals surface area contributed by atoms with E-state index in [1.807, 2.05) is 6.07 Å². The number of halogens is 2. The summed E-state index contributed by atoms with van der Waals surface area (Å²) in [7, 11) is 4.12. The van der Waals surface area contributed by atoms with Gasteiger partial charge in [-0.05, 0) is 66.0 Å². The molecule has 0 bridgehead atoms. The highest BCUT2D eigenvalue weighted by molar-refractivity contribution is 14.1. The van der Waals surface area contributed by atoms with E-state index < -0.39 is 0 Å². The maximum atomic E-state index is 5.93. The Morgan fingerprint density at radius 1 is 1.05 bits per heavy atom. The number of hydrogen-bond donors (Lipinski definition) is 0. The molecule has 0 radical (unpaired) electrons. The Balaban J connectivity index is 0.00000220. The smallest absolute Gasteiger partial charge is 0.122 e. The molecule has 4 heteroatoms. The molecule has 2 nitrogen and oxygen atoms in total. The Labute approximate surface area is 147 Å². The Hall–Kier alpha value is -0.780. The van der Waals surface area contributed by atoms with Crippen LogP contribution in [0.2, 0.25) is 0 Å². The van der Waals surface area contributed by atoms with Crippen molar-refractivity contribution in [2.45, 2.75) is 6.42 Å². The molecule has 114 valence electrons. The van der Waals surface area contributed by atoms with Crippen LogP contribution in [0, 0.1) is 3.57 Å². The molecule has 0 amide bonds. The first-order chi connectivity index (χ1) is 9.65. The number of rotatable bonds is 6. The molecule has 0 spiro atoms. The van der Waals surface area contributed by atoms with Crippen molar-refractivity contribution in [3.05, 3.63) is 63.2 Å². The minimum Gasteiger partial charge on any atom is -0.492 e. The van der Waals surface area contributed by atoms with Crippen LogP contribution in [0.3, 0.4) is 0 Å². The predicted molar refractivity (Wildman–Crippen MR) is 99.7 cm³/mol. The van der Waals surface area contributed by atoms with Crippen LogP contribution < -0.4 is 4.74 Å². The summed E-state index contributed by atoms with van der Waals surface area (Å²) in [6, 6.07) is 16.9. The van der Waals surface area contributed by atoms with E-state index in [0.29, 0.717) is 0 Å². The van der Waals surface area contributed by atoms with E-state index in [-0.39, 0.29) is 12.4 Å². The van der Waals surface area contributed by atoms with Crippen LogP contribution in [0.4, 0.5) is 0 Å². The zero-order chi connectivity index (χ0) is 14.4. The van der Waals surface area contributed by atoms with Gasteiger partial charge in [-0.15, -0.1) is 12.4 Å². The van der Waals surface area contributed by atoms with E-state index in [4.69, 9.17) is 4.74 Å². The molecular formula is C17H21ClINO. The van der Waals surface area contributed by atoms with Crippen molar-refractivity contribution in [2.24, 2.45) is 0 Å². The molecule has 0 saturated carbocycles. The summed E-state index contributed by atoms with van der Waals surface area (Å²) >= 11 is 2.35. The molecule has 0 N–H and O–H groups in total. The molecule has 2 rings (SSSR count). The Bertz CT molecular complexity index is 546. The van der Waals surface area contributed by atoms with E-state index >= 15 is 0 Å². The van der Waals surface area contributed by atoms with Gasteiger partial charge in [0.1, 0.15) is 12.4 Å². The van der Waals surface area contributed by atoms with Gasteiger partial charge in [0, 0.05) is 16.5 Å². The van der Waals surface area contributed by atoms with Gasteiger partial charge in [-0.1, -0.05) is 30.3 Å². The average molecular weight is 418 g/mol. The number of ether oxygens (including phenoxy) is 1. The summed E-state index contributed by atoms with van der Waals surface area (Å²) in [5, 5.41) is 0. The normalized spacial score (nSPS) is 10.3. The molecule has 0 atom stereocenters. The summed E-state index contributed by atoms with van der Waals surface area (Å²) in [5.74, 6) is 0.996. The van der Waals surface area contributed by atoms with Crippen molar-refractivity contribution in [1.29, 1.82) is 0 Å². The first kappa shape index (κ1) is 18.3. The van der Waals surface area contributed by atoms with Gasteiger partial charge in [0.25, 0.3) is 0 Å². The van der Waals surface area contributed by atoms with Crippen LogP contribution >= 0.6 is 35.0 Å². The number of likely N-dealkylation sites (N-methyl/N-ethyl adjacent to an activating group) is 1. The Kier molecular flexibility index (Phi) is 8.07. The molecule has 2 aromatic rings. The maximum absolute atomic E-state index is 5.93. The number of nitrogens with zero attached hydrogens (tertiary/aromatic N) is 1. The highest BCUT2D eigenvalue weighted by Crippen LogP contribution is 2.24. The minimum atomic E-state index is 0. The van der Waals surface area contributed by atoms with Crippen molar-refractivity contribution in [1.82, 2.24) is 4.90 Å². The Morgan fingerprint density at radius 2 is 1.76 bits per heavy atom. The third-order valence-corrected chi connectivity index (χ3v) is 3.73. The standard InChI is InChI=1S/C17H20INO.ClH/c1-19(2)10-11-20-17-9-8-16(18)13-15(17)12-14-6-4-3-5-7-14;/h3-9,13H,10-12H2,1-2H3;1H. The van der Waals surface area contributed by atoms with Crippen LogP contribution in [0.15, 0.2) is 48.5 Å². The lowest BCUT2D eigenvalue weighted by atomic mass is 10.0. The topological polar surface area (TPSA) is 12.5 Å². The molecule has 0 aliphatic carbocycles. The summed E-state index contributed by atoms with van der Waals surface area (Å²) < 4.78 is 7.17. The molecule has 21 heavy (non-hydrogen) atoms. The van der Waals surface area contributed by atoms with Crippen molar-refractivity contribution in [3.8, 4) is 5.75 Å². The van der Waals surface area contributed by atoms with Crippen molar-refractivity contribution in [3.63, 3.8) is 0 Å². The zero-order valence-electron chi connectivity index (χ0n) is 12.4. The first-order valence-corrected chi connectivity index (χ1v) is 7.83. The largest absolute Gasteiger partial charge is 0.492 e. The van der Waals surface area contributed by atoms with Gasteiger partial charge in [-0.3, -0.25) is 0 Å². The van der Waals surface area contributed by atoms with Gasteiger partial charge in [0.2, 0.25) is 0 Å². The lowest BCUT2D eigenvalue weighted by Gasteiger charge is -2.14. The summed E-state index contributed by atoms with van der Waals surface area (Å²) in [5.41, 5.74) is 2.56. The molecule has 0 unspecified atom stereocenters. The molecule has 2 aromatic carbocycles. The van der Waals surface area contributed by atoms with Gasteiger partial charge < -0.3 is 9.64 Å². The molecule has 0 aliphatic rings. The van der Waals surface area contributed by atoms with E-state index in [1.54, 1.807) is 0 Å². The number of hydrogen-bond acceptors (Lipinski definition) is 2. The second-order valence-electron chi connectivity index (χ2n) is 5.07. The zero-order valence-corrected chi connectivity index (χ0v) is 15.4. The van der Waals surface area contributed by atoms with Crippen LogP contribution in [0.5, 0.6) is 5.75 Å². The fourth-order valence-corrected chi connectivity index (χ4v) is 2.54. The second-order valence-corrected chi connectivity index (χ2v) is 6.31. The highest BCUT2D eigenvalue weighted by atomic mass is 127. The molecule has 0 fully saturated rings. The molecule has 0 aliphatic heterocycles. The van der Waals surface area contributed by atoms with Gasteiger partial charge in [-0.2, -0.15) is 0 Å². The molecular weight excluding hydrogens is 397 g/mol. The fraction of sp³-hybridized carbons (Fsp3) is 0.294. The third kappa shape index (κ3) is 6.24. The van der Waals surface area contributed by atoms with Gasteiger partial charge >= 0.3 is 0 Å². The highest BCUT2D eigenvalue weighted by Gasteiger charge is 2.06.